The number of carbonyl (C=O) groups is 1. The SMILES string of the molecule is CCCN(C(=O)C1CCNC1C)C(C)c1ccccc1Br. The molecule has 0 radical (unpaired) electrons. The molecule has 1 N–H and O–H groups in total. The van der Waals surface area contributed by atoms with Crippen LogP contribution in [0.25, 0.3) is 0 Å². The van der Waals surface area contributed by atoms with Crippen LogP contribution in [-0.4, -0.2) is 29.9 Å². The third-order valence-electron chi connectivity index (χ3n) is 4.41. The van der Waals surface area contributed by atoms with E-state index in [4.69, 9.17) is 0 Å². The van der Waals surface area contributed by atoms with Gasteiger partial charge in [-0.1, -0.05) is 41.1 Å². The van der Waals surface area contributed by atoms with Crippen molar-refractivity contribution in [2.45, 2.75) is 45.7 Å². The van der Waals surface area contributed by atoms with Crippen molar-refractivity contribution >= 4 is 21.8 Å². The summed E-state index contributed by atoms with van der Waals surface area (Å²) in [5.41, 5.74) is 1.18. The molecule has 0 spiro atoms. The van der Waals surface area contributed by atoms with Gasteiger partial charge in [0.1, 0.15) is 0 Å². The van der Waals surface area contributed by atoms with E-state index in [1.54, 1.807) is 0 Å². The average Bonchev–Trinajstić information content (AvgIpc) is 2.90. The van der Waals surface area contributed by atoms with Crippen molar-refractivity contribution < 1.29 is 4.79 Å². The molecule has 3 nitrogen and oxygen atoms in total. The van der Waals surface area contributed by atoms with Crippen LogP contribution >= 0.6 is 15.9 Å². The Morgan fingerprint density at radius 1 is 1.48 bits per heavy atom. The zero-order chi connectivity index (χ0) is 15.4. The maximum Gasteiger partial charge on any atom is 0.227 e. The molecule has 1 aliphatic rings. The molecule has 1 saturated heterocycles. The van der Waals surface area contributed by atoms with E-state index in [1.165, 1.54) is 5.56 Å². The molecule has 116 valence electrons. The van der Waals surface area contributed by atoms with E-state index in [0.717, 1.165) is 30.4 Å². The van der Waals surface area contributed by atoms with Crippen molar-refractivity contribution in [3.8, 4) is 0 Å². The first-order chi connectivity index (χ1) is 10.1. The molecule has 1 amide bonds. The van der Waals surface area contributed by atoms with Crippen LogP contribution in [0.4, 0.5) is 0 Å². The number of nitrogens with one attached hydrogen (secondary N) is 1. The Kier molecular flexibility index (Phi) is 5.82. The molecule has 0 aromatic heterocycles. The van der Waals surface area contributed by atoms with Crippen LogP contribution in [0.15, 0.2) is 28.7 Å². The van der Waals surface area contributed by atoms with Crippen molar-refractivity contribution in [3.05, 3.63) is 34.3 Å². The summed E-state index contributed by atoms with van der Waals surface area (Å²) in [6.07, 6.45) is 1.93. The number of nitrogens with zero attached hydrogens (tertiary/aromatic N) is 1. The zero-order valence-electron chi connectivity index (χ0n) is 13.1. The normalized spacial score (nSPS) is 23.0. The van der Waals surface area contributed by atoms with Gasteiger partial charge in [-0.15, -0.1) is 0 Å². The Bertz CT molecular complexity index is 491. The summed E-state index contributed by atoms with van der Waals surface area (Å²) in [5.74, 6) is 0.402. The van der Waals surface area contributed by atoms with Crippen molar-refractivity contribution in [3.63, 3.8) is 0 Å². The standard InChI is InChI=1S/C17H25BrN2O/c1-4-11-20(17(21)14-9-10-19-12(14)2)13(3)15-7-5-6-8-16(15)18/h5-8,12-14,19H,4,9-11H2,1-3H3. The van der Waals surface area contributed by atoms with Gasteiger partial charge in [-0.05, 0) is 44.9 Å². The molecule has 21 heavy (non-hydrogen) atoms. The highest BCUT2D eigenvalue weighted by atomic mass is 79.9. The van der Waals surface area contributed by atoms with Crippen LogP contribution in [0, 0.1) is 5.92 Å². The minimum absolute atomic E-state index is 0.0980. The Morgan fingerprint density at radius 3 is 2.76 bits per heavy atom. The highest BCUT2D eigenvalue weighted by Crippen LogP contribution is 2.30. The summed E-state index contributed by atoms with van der Waals surface area (Å²) >= 11 is 3.61. The molecule has 0 aliphatic carbocycles. The first-order valence-corrected chi connectivity index (χ1v) is 8.63. The quantitative estimate of drug-likeness (QED) is 0.875. The van der Waals surface area contributed by atoms with Crippen molar-refractivity contribution in [1.82, 2.24) is 10.2 Å². The molecule has 0 saturated carbocycles. The number of carbonyl (C=O) groups excluding carboxylic acids is 1. The molecular formula is C17H25BrN2O. The molecular weight excluding hydrogens is 328 g/mol. The number of halogens is 1. The lowest BCUT2D eigenvalue weighted by Gasteiger charge is -2.33. The van der Waals surface area contributed by atoms with E-state index in [0.29, 0.717) is 0 Å². The highest BCUT2D eigenvalue weighted by Gasteiger charge is 2.34. The van der Waals surface area contributed by atoms with Crippen molar-refractivity contribution in [1.29, 1.82) is 0 Å². The van der Waals surface area contributed by atoms with E-state index in [2.05, 4.69) is 48.1 Å². The summed E-state index contributed by atoms with van der Waals surface area (Å²) in [4.78, 5) is 15.0. The van der Waals surface area contributed by atoms with Gasteiger partial charge in [0.2, 0.25) is 5.91 Å². The maximum atomic E-state index is 12.9. The predicted molar refractivity (Wildman–Crippen MR) is 90.1 cm³/mol. The van der Waals surface area contributed by atoms with Gasteiger partial charge in [0.05, 0.1) is 12.0 Å². The van der Waals surface area contributed by atoms with Crippen LogP contribution in [-0.2, 0) is 4.79 Å². The molecule has 2 rings (SSSR count). The Labute approximate surface area is 136 Å². The molecule has 3 atom stereocenters. The smallest absolute Gasteiger partial charge is 0.227 e. The second-order valence-electron chi connectivity index (χ2n) is 5.87. The van der Waals surface area contributed by atoms with Crippen molar-refractivity contribution in [2.24, 2.45) is 5.92 Å². The van der Waals surface area contributed by atoms with E-state index < -0.39 is 0 Å². The highest BCUT2D eigenvalue weighted by molar-refractivity contribution is 9.10. The molecule has 1 heterocycles. The lowest BCUT2D eigenvalue weighted by molar-refractivity contribution is -0.138. The number of rotatable bonds is 5. The largest absolute Gasteiger partial charge is 0.336 e. The molecule has 4 heteroatoms. The van der Waals surface area contributed by atoms with Crippen LogP contribution in [0.5, 0.6) is 0 Å². The Hall–Kier alpha value is -0.870. The summed E-state index contributed by atoms with van der Waals surface area (Å²) < 4.78 is 1.07. The number of amides is 1. The first-order valence-electron chi connectivity index (χ1n) is 7.84. The third kappa shape index (κ3) is 3.67. The first kappa shape index (κ1) is 16.5. The van der Waals surface area contributed by atoms with E-state index in [9.17, 15) is 4.79 Å². The van der Waals surface area contributed by atoms with Crippen LogP contribution < -0.4 is 5.32 Å². The minimum atomic E-state index is 0.0980. The molecule has 0 bridgehead atoms. The van der Waals surface area contributed by atoms with Gasteiger partial charge in [0, 0.05) is 17.1 Å². The predicted octanol–water partition coefficient (Wildman–Crippen LogP) is 3.75. The van der Waals surface area contributed by atoms with Gasteiger partial charge >= 0.3 is 0 Å². The summed E-state index contributed by atoms with van der Waals surface area (Å²) in [7, 11) is 0. The molecule has 1 fully saturated rings. The van der Waals surface area contributed by atoms with Gasteiger partial charge in [-0.2, -0.15) is 0 Å². The van der Waals surface area contributed by atoms with Gasteiger partial charge in [-0.25, -0.2) is 0 Å². The Morgan fingerprint density at radius 2 is 2.19 bits per heavy atom. The van der Waals surface area contributed by atoms with E-state index >= 15 is 0 Å². The molecule has 1 aliphatic heterocycles. The van der Waals surface area contributed by atoms with Crippen LogP contribution in [0.1, 0.15) is 45.2 Å². The van der Waals surface area contributed by atoms with Gasteiger partial charge in [-0.3, -0.25) is 4.79 Å². The van der Waals surface area contributed by atoms with Gasteiger partial charge in [0.15, 0.2) is 0 Å². The number of benzene rings is 1. The number of hydrogen-bond donors (Lipinski definition) is 1. The Balaban J connectivity index is 2.22. The summed E-state index contributed by atoms with van der Waals surface area (Å²) in [5, 5.41) is 3.38. The van der Waals surface area contributed by atoms with Crippen LogP contribution in [0.2, 0.25) is 0 Å². The topological polar surface area (TPSA) is 32.3 Å². The fraction of sp³-hybridized carbons (Fsp3) is 0.588. The van der Waals surface area contributed by atoms with Crippen LogP contribution in [0.3, 0.4) is 0 Å². The monoisotopic (exact) mass is 352 g/mol. The molecule has 1 aromatic carbocycles. The lowest BCUT2D eigenvalue weighted by atomic mass is 9.98. The van der Waals surface area contributed by atoms with Gasteiger partial charge < -0.3 is 10.2 Å². The minimum Gasteiger partial charge on any atom is -0.336 e. The van der Waals surface area contributed by atoms with Gasteiger partial charge in [0.25, 0.3) is 0 Å². The maximum absolute atomic E-state index is 12.9. The van der Waals surface area contributed by atoms with E-state index in [-0.39, 0.29) is 23.9 Å². The van der Waals surface area contributed by atoms with Crippen molar-refractivity contribution in [2.75, 3.05) is 13.1 Å². The molecule has 3 unspecified atom stereocenters. The second-order valence-corrected chi connectivity index (χ2v) is 6.72. The average molecular weight is 353 g/mol. The fourth-order valence-corrected chi connectivity index (χ4v) is 3.74. The lowest BCUT2D eigenvalue weighted by Crippen LogP contribution is -2.42. The summed E-state index contributed by atoms with van der Waals surface area (Å²) in [6, 6.07) is 8.56. The summed E-state index contributed by atoms with van der Waals surface area (Å²) in [6.45, 7) is 8.12. The molecule has 1 aromatic rings. The fourth-order valence-electron chi connectivity index (χ4n) is 3.13. The second kappa shape index (κ2) is 7.41. The number of hydrogen-bond acceptors (Lipinski definition) is 2. The zero-order valence-corrected chi connectivity index (χ0v) is 14.7. The third-order valence-corrected chi connectivity index (χ3v) is 5.13. The van der Waals surface area contributed by atoms with E-state index in [1.807, 2.05) is 23.1 Å².